The van der Waals surface area contributed by atoms with Gasteiger partial charge in [-0.15, -0.1) is 0 Å². The van der Waals surface area contributed by atoms with Crippen LogP contribution in [0.3, 0.4) is 0 Å². The van der Waals surface area contributed by atoms with Gasteiger partial charge in [-0.05, 0) is 68.6 Å². The van der Waals surface area contributed by atoms with Gasteiger partial charge in [0.25, 0.3) is 6.43 Å². The lowest BCUT2D eigenvalue weighted by atomic mass is 9.48. The van der Waals surface area contributed by atoms with Gasteiger partial charge in [0.1, 0.15) is 6.61 Å². The summed E-state index contributed by atoms with van der Waals surface area (Å²) in [5.41, 5.74) is 0.484. The molecule has 1 N–H and O–H groups in total. The number of ether oxygens (including phenoxy) is 1. The van der Waals surface area contributed by atoms with Crippen molar-refractivity contribution < 1.29 is 13.5 Å². The molecule has 4 saturated carbocycles. The minimum absolute atomic E-state index is 0.390. The molecule has 0 saturated heterocycles. The van der Waals surface area contributed by atoms with Crippen LogP contribution in [-0.2, 0) is 4.74 Å². The lowest BCUT2D eigenvalue weighted by molar-refractivity contribution is -0.0715. The third kappa shape index (κ3) is 3.01. The summed E-state index contributed by atoms with van der Waals surface area (Å²) in [6.07, 6.45) is 6.17. The van der Waals surface area contributed by atoms with Gasteiger partial charge in [0.15, 0.2) is 0 Å². The van der Waals surface area contributed by atoms with Crippen LogP contribution in [0.5, 0.6) is 0 Å². The van der Waals surface area contributed by atoms with Gasteiger partial charge in [0, 0.05) is 12.6 Å². The highest BCUT2D eigenvalue weighted by molar-refractivity contribution is 5.05. The molecule has 116 valence electrons. The molecule has 1 atom stereocenters. The minimum atomic E-state index is -2.35. The van der Waals surface area contributed by atoms with E-state index >= 15 is 0 Å². The van der Waals surface area contributed by atoms with Crippen LogP contribution in [0.4, 0.5) is 8.78 Å². The Hall–Kier alpha value is -0.220. The fourth-order valence-corrected chi connectivity index (χ4v) is 5.44. The molecule has 4 aliphatic carbocycles. The molecule has 0 aliphatic heterocycles. The third-order valence-corrected chi connectivity index (χ3v) is 5.94. The van der Waals surface area contributed by atoms with Crippen LogP contribution < -0.4 is 5.32 Å². The molecule has 4 fully saturated rings. The van der Waals surface area contributed by atoms with Gasteiger partial charge in [0.2, 0.25) is 0 Å². The molecule has 20 heavy (non-hydrogen) atoms. The van der Waals surface area contributed by atoms with E-state index in [1.54, 1.807) is 0 Å². The average molecular weight is 287 g/mol. The van der Waals surface area contributed by atoms with Crippen molar-refractivity contribution in [3.63, 3.8) is 0 Å². The van der Waals surface area contributed by atoms with Gasteiger partial charge in [-0.2, -0.15) is 0 Å². The highest BCUT2D eigenvalue weighted by atomic mass is 19.3. The Bertz CT molecular complexity index is 299. The second-order valence-electron chi connectivity index (χ2n) is 7.42. The molecular weight excluding hydrogens is 260 g/mol. The summed E-state index contributed by atoms with van der Waals surface area (Å²) in [6, 6.07) is 0.492. The van der Waals surface area contributed by atoms with Gasteiger partial charge in [-0.3, -0.25) is 0 Å². The van der Waals surface area contributed by atoms with E-state index in [-0.39, 0.29) is 0 Å². The van der Waals surface area contributed by atoms with Crippen molar-refractivity contribution in [2.24, 2.45) is 23.2 Å². The number of hydrogen-bond acceptors (Lipinski definition) is 2. The largest absolute Gasteiger partial charge is 0.374 e. The summed E-state index contributed by atoms with van der Waals surface area (Å²) < 4.78 is 28.9. The second kappa shape index (κ2) is 5.88. The van der Waals surface area contributed by atoms with Gasteiger partial charge in [-0.1, -0.05) is 0 Å². The maximum atomic E-state index is 12.0. The van der Waals surface area contributed by atoms with E-state index in [4.69, 9.17) is 4.74 Å². The predicted molar refractivity (Wildman–Crippen MR) is 74.9 cm³/mol. The van der Waals surface area contributed by atoms with E-state index < -0.39 is 13.0 Å². The topological polar surface area (TPSA) is 21.3 Å². The first-order valence-electron chi connectivity index (χ1n) is 8.17. The third-order valence-electron chi connectivity index (χ3n) is 5.94. The number of alkyl halides is 2. The van der Waals surface area contributed by atoms with E-state index in [2.05, 4.69) is 12.2 Å². The molecular formula is C16H27F2NO. The van der Waals surface area contributed by atoms with Gasteiger partial charge in [-0.25, -0.2) is 8.78 Å². The molecule has 0 aromatic rings. The Kier molecular flexibility index (Phi) is 4.32. The number of nitrogens with one attached hydrogen (secondary N) is 1. The van der Waals surface area contributed by atoms with E-state index in [0.29, 0.717) is 24.6 Å². The van der Waals surface area contributed by atoms with Crippen molar-refractivity contribution in [2.45, 2.75) is 57.9 Å². The Morgan fingerprint density at radius 3 is 2.15 bits per heavy atom. The zero-order valence-electron chi connectivity index (χ0n) is 12.4. The van der Waals surface area contributed by atoms with Gasteiger partial charge < -0.3 is 10.1 Å². The summed E-state index contributed by atoms with van der Waals surface area (Å²) in [7, 11) is 0. The van der Waals surface area contributed by atoms with Gasteiger partial charge >= 0.3 is 0 Å². The first kappa shape index (κ1) is 14.7. The van der Waals surface area contributed by atoms with Crippen LogP contribution >= 0.6 is 0 Å². The van der Waals surface area contributed by atoms with E-state index in [0.717, 1.165) is 17.8 Å². The van der Waals surface area contributed by atoms with Crippen molar-refractivity contribution in [2.75, 3.05) is 19.8 Å². The lowest BCUT2D eigenvalue weighted by Gasteiger charge is -2.59. The quantitative estimate of drug-likeness (QED) is 0.724. The Morgan fingerprint density at radius 1 is 1.10 bits per heavy atom. The first-order chi connectivity index (χ1) is 9.57. The van der Waals surface area contributed by atoms with Gasteiger partial charge in [0.05, 0.1) is 6.61 Å². The summed E-state index contributed by atoms with van der Waals surface area (Å²) >= 11 is 0. The van der Waals surface area contributed by atoms with Crippen molar-refractivity contribution in [3.05, 3.63) is 0 Å². The van der Waals surface area contributed by atoms with Crippen LogP contribution in [0, 0.1) is 23.2 Å². The normalized spacial score (nSPS) is 40.5. The van der Waals surface area contributed by atoms with Crippen molar-refractivity contribution in [1.82, 2.24) is 5.32 Å². The smallest absolute Gasteiger partial charge is 0.261 e. The van der Waals surface area contributed by atoms with Crippen LogP contribution in [0.25, 0.3) is 0 Å². The fraction of sp³-hybridized carbons (Fsp3) is 1.00. The van der Waals surface area contributed by atoms with Crippen LogP contribution in [-0.4, -0.2) is 32.2 Å². The monoisotopic (exact) mass is 287 g/mol. The van der Waals surface area contributed by atoms with Crippen molar-refractivity contribution >= 4 is 0 Å². The molecule has 0 aromatic carbocycles. The molecule has 0 radical (unpaired) electrons. The zero-order chi connectivity index (χ0) is 14.2. The Labute approximate surface area is 120 Å². The van der Waals surface area contributed by atoms with Crippen LogP contribution in [0.15, 0.2) is 0 Å². The predicted octanol–water partition coefficient (Wildman–Crippen LogP) is 3.46. The molecule has 4 bridgehead atoms. The summed E-state index contributed by atoms with van der Waals surface area (Å²) in [6.45, 7) is 2.93. The highest BCUT2D eigenvalue weighted by Gasteiger charge is 2.52. The van der Waals surface area contributed by atoms with Crippen molar-refractivity contribution in [1.29, 1.82) is 0 Å². The summed E-state index contributed by atoms with van der Waals surface area (Å²) in [5, 5.41) is 3.54. The number of rotatable bonds is 7. The maximum Gasteiger partial charge on any atom is 0.261 e. The molecule has 4 aliphatic rings. The highest BCUT2D eigenvalue weighted by Crippen LogP contribution is 2.61. The zero-order valence-corrected chi connectivity index (χ0v) is 12.4. The van der Waals surface area contributed by atoms with E-state index in [1.807, 2.05) is 0 Å². The molecule has 0 heterocycles. The molecule has 4 heteroatoms. The van der Waals surface area contributed by atoms with Crippen molar-refractivity contribution in [3.8, 4) is 0 Å². The first-order valence-corrected chi connectivity index (χ1v) is 8.17. The molecule has 0 spiro atoms. The summed E-state index contributed by atoms with van der Waals surface area (Å²) in [4.78, 5) is 0. The standard InChI is InChI=1S/C16H27F2NO/c1-11(19-2-3-20-10-15(17)18)16-7-12-4-13(8-16)6-14(5-12)9-16/h11-15,19H,2-10H2,1H3. The SMILES string of the molecule is CC(NCCOCC(F)F)C12CC3CC(CC(C3)C1)C2. The minimum Gasteiger partial charge on any atom is -0.374 e. The molecule has 0 aromatic heterocycles. The second-order valence-corrected chi connectivity index (χ2v) is 7.42. The Balaban J connectivity index is 1.46. The molecule has 1 unspecified atom stereocenters. The number of halogens is 2. The molecule has 4 rings (SSSR count). The maximum absolute atomic E-state index is 12.0. The average Bonchev–Trinajstić information content (AvgIpc) is 2.36. The fourth-order valence-electron chi connectivity index (χ4n) is 5.44. The summed E-state index contributed by atoms with van der Waals surface area (Å²) in [5.74, 6) is 2.88. The van der Waals surface area contributed by atoms with E-state index in [9.17, 15) is 8.78 Å². The van der Waals surface area contributed by atoms with Crippen LogP contribution in [0.2, 0.25) is 0 Å². The Morgan fingerprint density at radius 2 is 1.65 bits per heavy atom. The van der Waals surface area contributed by atoms with Crippen LogP contribution in [0.1, 0.15) is 45.4 Å². The number of hydrogen-bond donors (Lipinski definition) is 1. The molecule has 2 nitrogen and oxygen atoms in total. The van der Waals surface area contributed by atoms with E-state index in [1.165, 1.54) is 38.5 Å². The lowest BCUT2D eigenvalue weighted by Crippen LogP contribution is -2.55. The molecule has 0 amide bonds.